The van der Waals surface area contributed by atoms with Crippen molar-refractivity contribution in [2.75, 3.05) is 30.6 Å². The van der Waals surface area contributed by atoms with Crippen LogP contribution in [0.5, 0.6) is 5.75 Å². The Morgan fingerprint density at radius 2 is 2.15 bits per heavy atom. The molecule has 0 aliphatic carbocycles. The minimum atomic E-state index is -2.93. The van der Waals surface area contributed by atoms with Crippen LogP contribution in [-0.2, 0) is 9.84 Å². The largest absolute Gasteiger partial charge is 0.496 e. The zero-order valence-corrected chi connectivity index (χ0v) is 12.9. The minimum absolute atomic E-state index is 0.0513. The number of aliphatic hydroxyl groups is 1. The molecule has 20 heavy (non-hydrogen) atoms. The molecule has 1 aliphatic rings. The van der Waals surface area contributed by atoms with Gasteiger partial charge in [0.1, 0.15) is 5.75 Å². The van der Waals surface area contributed by atoms with E-state index in [0.717, 1.165) is 5.69 Å². The third kappa shape index (κ3) is 2.91. The number of nitrogens with zero attached hydrogens (tertiary/aromatic N) is 1. The normalized spacial score (nSPS) is 22.5. The van der Waals surface area contributed by atoms with Gasteiger partial charge in [0.05, 0.1) is 24.7 Å². The highest BCUT2D eigenvalue weighted by Crippen LogP contribution is 2.36. The van der Waals surface area contributed by atoms with Gasteiger partial charge in [-0.25, -0.2) is 8.42 Å². The number of anilines is 1. The average molecular weight is 299 g/mol. The van der Waals surface area contributed by atoms with Crippen molar-refractivity contribution in [3.8, 4) is 5.75 Å². The van der Waals surface area contributed by atoms with Crippen molar-refractivity contribution in [3.05, 3.63) is 23.8 Å². The van der Waals surface area contributed by atoms with Crippen LogP contribution in [0.3, 0.4) is 0 Å². The molecular weight excluding hydrogens is 278 g/mol. The lowest BCUT2D eigenvalue weighted by Crippen LogP contribution is -2.33. The maximum absolute atomic E-state index is 11.6. The van der Waals surface area contributed by atoms with Crippen molar-refractivity contribution < 1.29 is 18.3 Å². The van der Waals surface area contributed by atoms with Gasteiger partial charge in [0.15, 0.2) is 9.84 Å². The summed E-state index contributed by atoms with van der Waals surface area (Å²) in [5.74, 6) is 1.01. The molecule has 5 nitrogen and oxygen atoms in total. The molecule has 0 spiro atoms. The lowest BCUT2D eigenvalue weighted by atomic mass is 10.0. The zero-order valence-electron chi connectivity index (χ0n) is 12.0. The molecule has 6 heteroatoms. The van der Waals surface area contributed by atoms with Crippen LogP contribution in [0.2, 0.25) is 0 Å². The third-order valence-electron chi connectivity index (χ3n) is 3.82. The van der Waals surface area contributed by atoms with E-state index in [-0.39, 0.29) is 17.5 Å². The fourth-order valence-electron chi connectivity index (χ4n) is 2.72. The number of aliphatic hydroxyl groups excluding tert-OH is 1. The summed E-state index contributed by atoms with van der Waals surface area (Å²) < 4.78 is 28.5. The highest BCUT2D eigenvalue weighted by molar-refractivity contribution is 7.91. The van der Waals surface area contributed by atoms with E-state index >= 15 is 0 Å². The fourth-order valence-corrected chi connectivity index (χ4v) is 4.49. The van der Waals surface area contributed by atoms with Crippen molar-refractivity contribution in [1.82, 2.24) is 0 Å². The van der Waals surface area contributed by atoms with Gasteiger partial charge in [-0.2, -0.15) is 0 Å². The van der Waals surface area contributed by atoms with Crippen LogP contribution in [0, 0.1) is 0 Å². The maximum Gasteiger partial charge on any atom is 0.152 e. The molecule has 1 aliphatic heterocycles. The average Bonchev–Trinajstić information content (AvgIpc) is 2.77. The molecular formula is C14H21NO4S. The molecule has 1 unspecified atom stereocenters. The molecule has 2 atom stereocenters. The summed E-state index contributed by atoms with van der Waals surface area (Å²) in [6.45, 7) is 1.68. The van der Waals surface area contributed by atoms with Gasteiger partial charge in [-0.05, 0) is 25.5 Å². The number of ether oxygens (including phenoxy) is 1. The lowest BCUT2D eigenvalue weighted by Gasteiger charge is -2.29. The molecule has 0 saturated carbocycles. The van der Waals surface area contributed by atoms with E-state index in [9.17, 15) is 13.5 Å². The molecule has 0 aromatic heterocycles. The van der Waals surface area contributed by atoms with Crippen LogP contribution >= 0.6 is 0 Å². The predicted molar refractivity (Wildman–Crippen MR) is 79.1 cm³/mol. The van der Waals surface area contributed by atoms with Gasteiger partial charge in [0.25, 0.3) is 0 Å². The lowest BCUT2D eigenvalue weighted by molar-refractivity contribution is 0.194. The molecule has 0 bridgehead atoms. The first-order valence-corrected chi connectivity index (χ1v) is 8.46. The number of hydrogen-bond donors (Lipinski definition) is 1. The van der Waals surface area contributed by atoms with Crippen molar-refractivity contribution >= 4 is 15.5 Å². The monoisotopic (exact) mass is 299 g/mol. The first-order valence-electron chi connectivity index (χ1n) is 6.64. The second-order valence-corrected chi connectivity index (χ2v) is 7.47. The molecule has 0 radical (unpaired) electrons. The first-order chi connectivity index (χ1) is 9.35. The van der Waals surface area contributed by atoms with Gasteiger partial charge in [0, 0.05) is 24.3 Å². The molecule has 112 valence electrons. The summed E-state index contributed by atoms with van der Waals surface area (Å²) in [6.07, 6.45) is -0.0587. The van der Waals surface area contributed by atoms with E-state index in [1.807, 2.05) is 24.1 Å². The predicted octanol–water partition coefficient (Wildman–Crippen LogP) is 1.37. The number of methoxy groups -OCH3 is 1. The standard InChI is InChI=1S/C14H21NO4S/c1-10(16)14-12(5-4-6-13(14)19-3)15(2)11-7-8-20(17,18)9-11/h4-6,10-11,16H,7-9H2,1-3H3/t10-,11?/m0/s1. The Kier molecular flexibility index (Phi) is 4.25. The number of hydrogen-bond acceptors (Lipinski definition) is 5. The Bertz CT molecular complexity index is 583. The smallest absolute Gasteiger partial charge is 0.152 e. The molecule has 1 heterocycles. The van der Waals surface area contributed by atoms with Gasteiger partial charge < -0.3 is 14.7 Å². The number of benzene rings is 1. The Balaban J connectivity index is 2.37. The van der Waals surface area contributed by atoms with Crippen LogP contribution in [0.4, 0.5) is 5.69 Å². The Morgan fingerprint density at radius 1 is 1.45 bits per heavy atom. The van der Waals surface area contributed by atoms with Crippen molar-refractivity contribution in [2.45, 2.75) is 25.5 Å². The van der Waals surface area contributed by atoms with E-state index in [1.54, 1.807) is 20.1 Å². The zero-order chi connectivity index (χ0) is 14.9. The van der Waals surface area contributed by atoms with E-state index < -0.39 is 15.9 Å². The second kappa shape index (κ2) is 5.61. The van der Waals surface area contributed by atoms with E-state index in [1.165, 1.54) is 0 Å². The van der Waals surface area contributed by atoms with Crippen molar-refractivity contribution in [2.24, 2.45) is 0 Å². The van der Waals surface area contributed by atoms with Crippen LogP contribution in [0.25, 0.3) is 0 Å². The molecule has 1 aromatic carbocycles. The number of rotatable bonds is 4. The third-order valence-corrected chi connectivity index (χ3v) is 5.57. The van der Waals surface area contributed by atoms with Crippen molar-refractivity contribution in [3.63, 3.8) is 0 Å². The summed E-state index contributed by atoms with van der Waals surface area (Å²) in [6, 6.07) is 5.48. The van der Waals surface area contributed by atoms with Crippen molar-refractivity contribution in [1.29, 1.82) is 0 Å². The Hall–Kier alpha value is -1.27. The first kappa shape index (κ1) is 15.1. The van der Waals surface area contributed by atoms with Gasteiger partial charge in [-0.15, -0.1) is 0 Å². The van der Waals surface area contributed by atoms with Crippen LogP contribution < -0.4 is 9.64 Å². The van der Waals surface area contributed by atoms with Crippen LogP contribution in [0.1, 0.15) is 25.0 Å². The summed E-state index contributed by atoms with van der Waals surface area (Å²) in [5, 5.41) is 9.99. The highest BCUT2D eigenvalue weighted by atomic mass is 32.2. The summed E-state index contributed by atoms with van der Waals surface area (Å²) in [5.41, 5.74) is 1.52. The molecule has 0 amide bonds. The summed E-state index contributed by atoms with van der Waals surface area (Å²) in [4.78, 5) is 1.94. The molecule has 1 N–H and O–H groups in total. The second-order valence-electron chi connectivity index (χ2n) is 5.24. The van der Waals surface area contributed by atoms with Gasteiger partial charge in [-0.1, -0.05) is 6.07 Å². The summed E-state index contributed by atoms with van der Waals surface area (Å²) >= 11 is 0. The highest BCUT2D eigenvalue weighted by Gasteiger charge is 2.32. The Labute approximate surface area is 120 Å². The molecule has 2 rings (SSSR count). The van der Waals surface area contributed by atoms with E-state index in [4.69, 9.17) is 4.74 Å². The maximum atomic E-state index is 11.6. The van der Waals surface area contributed by atoms with Crippen LogP contribution in [0.15, 0.2) is 18.2 Å². The molecule has 1 fully saturated rings. The van der Waals surface area contributed by atoms with Gasteiger partial charge in [-0.3, -0.25) is 0 Å². The SMILES string of the molecule is COc1cccc(N(C)C2CCS(=O)(=O)C2)c1[C@H](C)O. The Morgan fingerprint density at radius 3 is 2.65 bits per heavy atom. The van der Waals surface area contributed by atoms with Crippen LogP contribution in [-0.4, -0.2) is 45.2 Å². The minimum Gasteiger partial charge on any atom is -0.496 e. The summed E-state index contributed by atoms with van der Waals surface area (Å²) in [7, 11) is 0.495. The fraction of sp³-hybridized carbons (Fsp3) is 0.571. The topological polar surface area (TPSA) is 66.8 Å². The molecule has 1 saturated heterocycles. The van der Waals surface area contributed by atoms with E-state index in [2.05, 4.69) is 0 Å². The quantitative estimate of drug-likeness (QED) is 0.909. The molecule has 1 aromatic rings. The van der Waals surface area contributed by atoms with Gasteiger partial charge >= 0.3 is 0 Å². The van der Waals surface area contributed by atoms with Gasteiger partial charge in [0.2, 0.25) is 0 Å². The number of sulfone groups is 1. The van der Waals surface area contributed by atoms with E-state index in [0.29, 0.717) is 17.7 Å².